The smallest absolute Gasteiger partial charge is 0.136 e. The molecule has 1 aromatic rings. The largest absolute Gasteiger partial charge is 0.364 e. The fraction of sp³-hybridized carbons (Fsp3) is 0.471. The lowest BCUT2D eigenvalue weighted by Crippen LogP contribution is -2.20. The Kier molecular flexibility index (Phi) is 4.41. The maximum atomic E-state index is 11.8. The number of hydrogen-bond acceptors (Lipinski definition) is 2. The number of anilines is 1. The summed E-state index contributed by atoms with van der Waals surface area (Å²) in [5, 5.41) is 0. The summed E-state index contributed by atoms with van der Waals surface area (Å²) in [7, 11) is 0. The third-order valence-electron chi connectivity index (χ3n) is 3.75. The van der Waals surface area contributed by atoms with E-state index in [0.29, 0.717) is 18.6 Å². The van der Waals surface area contributed by atoms with Crippen molar-refractivity contribution in [3.63, 3.8) is 0 Å². The molecule has 0 aromatic heterocycles. The highest BCUT2D eigenvalue weighted by atomic mass is 16.1. The van der Waals surface area contributed by atoms with Crippen molar-refractivity contribution in [1.29, 1.82) is 0 Å². The Morgan fingerprint density at radius 2 is 1.84 bits per heavy atom. The van der Waals surface area contributed by atoms with Crippen molar-refractivity contribution in [2.45, 2.75) is 40.0 Å². The van der Waals surface area contributed by atoms with E-state index in [1.165, 1.54) is 22.4 Å². The monoisotopic (exact) mass is 257 g/mol. The summed E-state index contributed by atoms with van der Waals surface area (Å²) in [6, 6.07) is 8.62. The Hall–Kier alpha value is -1.57. The summed E-state index contributed by atoms with van der Waals surface area (Å²) < 4.78 is 0. The van der Waals surface area contributed by atoms with Crippen LogP contribution < -0.4 is 4.90 Å². The third kappa shape index (κ3) is 3.46. The number of ketones is 1. The normalized spacial score (nSPS) is 15.2. The first-order chi connectivity index (χ1) is 9.10. The van der Waals surface area contributed by atoms with Gasteiger partial charge in [-0.15, -0.1) is 0 Å². The third-order valence-corrected chi connectivity index (χ3v) is 3.75. The molecular formula is C17H23NO. The van der Waals surface area contributed by atoms with E-state index >= 15 is 0 Å². The van der Waals surface area contributed by atoms with Gasteiger partial charge in [0, 0.05) is 31.6 Å². The molecule has 0 saturated heterocycles. The molecule has 1 aliphatic rings. The highest BCUT2D eigenvalue weighted by Crippen LogP contribution is 2.26. The highest BCUT2D eigenvalue weighted by molar-refractivity contribution is 5.81. The van der Waals surface area contributed by atoms with Crippen LogP contribution in [0.3, 0.4) is 0 Å². The number of benzene rings is 1. The molecule has 0 radical (unpaired) electrons. The van der Waals surface area contributed by atoms with Crippen molar-refractivity contribution in [3.05, 3.63) is 41.0 Å². The minimum atomic E-state index is 0.377. The summed E-state index contributed by atoms with van der Waals surface area (Å²) >= 11 is 0. The molecule has 102 valence electrons. The van der Waals surface area contributed by atoms with Gasteiger partial charge in [-0.3, -0.25) is 4.79 Å². The molecule has 0 bridgehead atoms. The van der Waals surface area contributed by atoms with E-state index in [4.69, 9.17) is 0 Å². The second-order valence-corrected chi connectivity index (χ2v) is 5.54. The standard InChI is InChI=1S/C17H23NO/c1-4-5-17(19)10-15-12-18(11-14(15)3)16-8-6-13(2)7-9-16/h6-9H,4-5,10-12H2,1-3H3. The van der Waals surface area contributed by atoms with Crippen LogP contribution in [0.25, 0.3) is 0 Å². The summed E-state index contributed by atoms with van der Waals surface area (Å²) in [5.41, 5.74) is 5.22. The van der Waals surface area contributed by atoms with E-state index in [1.807, 2.05) is 0 Å². The number of hydrogen-bond donors (Lipinski definition) is 0. The SMILES string of the molecule is CCCC(=O)CC1=C(C)CN(c2ccc(C)cc2)C1. The second kappa shape index (κ2) is 6.05. The summed E-state index contributed by atoms with van der Waals surface area (Å²) in [4.78, 5) is 14.1. The van der Waals surface area contributed by atoms with Crippen LogP contribution in [-0.2, 0) is 4.79 Å². The van der Waals surface area contributed by atoms with Gasteiger partial charge in [0.05, 0.1) is 0 Å². The first-order valence-electron chi connectivity index (χ1n) is 7.11. The van der Waals surface area contributed by atoms with Gasteiger partial charge < -0.3 is 4.90 Å². The zero-order chi connectivity index (χ0) is 13.8. The maximum absolute atomic E-state index is 11.8. The summed E-state index contributed by atoms with van der Waals surface area (Å²) in [6.07, 6.45) is 2.30. The molecule has 1 aromatic carbocycles. The van der Waals surface area contributed by atoms with Gasteiger partial charge in [0.25, 0.3) is 0 Å². The van der Waals surface area contributed by atoms with Crippen molar-refractivity contribution in [2.24, 2.45) is 0 Å². The molecule has 1 heterocycles. The molecule has 0 unspecified atom stereocenters. The van der Waals surface area contributed by atoms with E-state index in [-0.39, 0.29) is 0 Å². The molecule has 2 rings (SSSR count). The fourth-order valence-electron chi connectivity index (χ4n) is 2.57. The van der Waals surface area contributed by atoms with Crippen LogP contribution in [0, 0.1) is 6.92 Å². The summed E-state index contributed by atoms with van der Waals surface area (Å²) in [5.74, 6) is 0.377. The van der Waals surface area contributed by atoms with Gasteiger partial charge in [-0.25, -0.2) is 0 Å². The molecule has 19 heavy (non-hydrogen) atoms. The van der Waals surface area contributed by atoms with Crippen LogP contribution in [0.1, 0.15) is 38.7 Å². The van der Waals surface area contributed by atoms with E-state index in [1.54, 1.807) is 0 Å². The quantitative estimate of drug-likeness (QED) is 0.746. The van der Waals surface area contributed by atoms with Crippen molar-refractivity contribution < 1.29 is 4.79 Å². The fourth-order valence-corrected chi connectivity index (χ4v) is 2.57. The first kappa shape index (κ1) is 13.9. The van der Waals surface area contributed by atoms with Gasteiger partial charge in [-0.05, 0) is 38.0 Å². The second-order valence-electron chi connectivity index (χ2n) is 5.54. The lowest BCUT2D eigenvalue weighted by molar-refractivity contribution is -0.118. The summed E-state index contributed by atoms with van der Waals surface area (Å²) in [6.45, 7) is 8.18. The van der Waals surface area contributed by atoms with Crippen LogP contribution in [0.15, 0.2) is 35.4 Å². The molecular weight excluding hydrogens is 234 g/mol. The highest BCUT2D eigenvalue weighted by Gasteiger charge is 2.20. The van der Waals surface area contributed by atoms with Crippen LogP contribution >= 0.6 is 0 Å². The van der Waals surface area contributed by atoms with Crippen LogP contribution in [0.5, 0.6) is 0 Å². The predicted octanol–water partition coefficient (Wildman–Crippen LogP) is 3.89. The number of aryl methyl sites for hydroxylation is 1. The molecule has 0 amide bonds. The van der Waals surface area contributed by atoms with E-state index < -0.39 is 0 Å². The van der Waals surface area contributed by atoms with Gasteiger partial charge >= 0.3 is 0 Å². The molecule has 0 fully saturated rings. The molecule has 0 saturated carbocycles. The molecule has 2 heteroatoms. The average molecular weight is 257 g/mol. The number of carbonyl (C=O) groups excluding carboxylic acids is 1. The Labute approximate surface area is 116 Å². The average Bonchev–Trinajstić information content (AvgIpc) is 2.72. The Morgan fingerprint density at radius 1 is 1.16 bits per heavy atom. The zero-order valence-corrected chi connectivity index (χ0v) is 12.2. The number of Topliss-reactive ketones (excluding diaryl/α,β-unsaturated/α-hetero) is 1. The van der Waals surface area contributed by atoms with Crippen molar-refractivity contribution >= 4 is 11.5 Å². The number of carbonyl (C=O) groups is 1. The van der Waals surface area contributed by atoms with E-state index in [0.717, 1.165) is 19.5 Å². The van der Waals surface area contributed by atoms with Crippen LogP contribution in [0.4, 0.5) is 5.69 Å². The van der Waals surface area contributed by atoms with Crippen molar-refractivity contribution in [3.8, 4) is 0 Å². The van der Waals surface area contributed by atoms with Gasteiger partial charge in [-0.1, -0.05) is 30.2 Å². The predicted molar refractivity (Wildman–Crippen MR) is 80.6 cm³/mol. The first-order valence-corrected chi connectivity index (χ1v) is 7.11. The zero-order valence-electron chi connectivity index (χ0n) is 12.2. The van der Waals surface area contributed by atoms with E-state index in [2.05, 4.69) is 49.9 Å². The van der Waals surface area contributed by atoms with Crippen molar-refractivity contribution in [1.82, 2.24) is 0 Å². The maximum Gasteiger partial charge on any atom is 0.136 e. The Morgan fingerprint density at radius 3 is 2.47 bits per heavy atom. The molecule has 2 nitrogen and oxygen atoms in total. The Bertz CT molecular complexity index is 484. The minimum absolute atomic E-state index is 0.377. The van der Waals surface area contributed by atoms with Gasteiger partial charge in [-0.2, -0.15) is 0 Å². The Balaban J connectivity index is 2.00. The lowest BCUT2D eigenvalue weighted by atomic mass is 10.0. The molecule has 0 aliphatic carbocycles. The topological polar surface area (TPSA) is 20.3 Å². The minimum Gasteiger partial charge on any atom is -0.364 e. The molecule has 0 atom stereocenters. The molecule has 0 N–H and O–H groups in total. The van der Waals surface area contributed by atoms with Crippen LogP contribution in [-0.4, -0.2) is 18.9 Å². The van der Waals surface area contributed by atoms with Crippen molar-refractivity contribution in [2.75, 3.05) is 18.0 Å². The molecule has 1 aliphatic heterocycles. The number of nitrogens with zero attached hydrogens (tertiary/aromatic N) is 1. The van der Waals surface area contributed by atoms with Gasteiger partial charge in [0.2, 0.25) is 0 Å². The van der Waals surface area contributed by atoms with Gasteiger partial charge in [0.15, 0.2) is 0 Å². The van der Waals surface area contributed by atoms with Crippen LogP contribution in [0.2, 0.25) is 0 Å². The van der Waals surface area contributed by atoms with E-state index in [9.17, 15) is 4.79 Å². The lowest BCUT2D eigenvalue weighted by Gasteiger charge is -2.19. The number of rotatable bonds is 5. The molecule has 0 spiro atoms. The van der Waals surface area contributed by atoms with Gasteiger partial charge in [0.1, 0.15) is 5.78 Å².